The summed E-state index contributed by atoms with van der Waals surface area (Å²) in [6.45, 7) is 2.05. The number of thiophene rings is 1. The van der Waals surface area contributed by atoms with E-state index >= 15 is 0 Å². The van der Waals surface area contributed by atoms with Crippen molar-refractivity contribution in [3.05, 3.63) is 13.6 Å². The van der Waals surface area contributed by atoms with Crippen molar-refractivity contribution in [2.75, 3.05) is 13.1 Å². The highest BCUT2D eigenvalue weighted by atomic mass is 79.9. The van der Waals surface area contributed by atoms with Crippen LogP contribution in [-0.4, -0.2) is 36.9 Å². The van der Waals surface area contributed by atoms with Crippen LogP contribution in [0.15, 0.2) is 18.5 Å². The number of halogens is 2. The zero-order chi connectivity index (χ0) is 15.1. The number of carboxylic acid groups (broad SMARTS) is 1. The largest absolute Gasteiger partial charge is 0.481 e. The lowest BCUT2D eigenvalue weighted by atomic mass is 9.85. The highest BCUT2D eigenvalue weighted by molar-refractivity contribution is 9.12. The third kappa shape index (κ3) is 2.70. The van der Waals surface area contributed by atoms with E-state index in [0.717, 1.165) is 0 Å². The van der Waals surface area contributed by atoms with Gasteiger partial charge < -0.3 is 5.11 Å². The number of aliphatic carboxylic acids is 1. The van der Waals surface area contributed by atoms with E-state index in [-0.39, 0.29) is 18.0 Å². The molecule has 1 aliphatic rings. The molecule has 0 spiro atoms. The van der Waals surface area contributed by atoms with Crippen LogP contribution in [-0.2, 0) is 14.8 Å². The molecule has 5 nitrogen and oxygen atoms in total. The van der Waals surface area contributed by atoms with Gasteiger partial charge in [-0.05, 0) is 50.8 Å². The van der Waals surface area contributed by atoms with Crippen LogP contribution in [0.2, 0.25) is 0 Å². The van der Waals surface area contributed by atoms with E-state index < -0.39 is 21.4 Å². The quantitative estimate of drug-likeness (QED) is 0.770. The van der Waals surface area contributed by atoms with Crippen molar-refractivity contribution in [3.8, 4) is 0 Å². The molecule has 9 heteroatoms. The lowest BCUT2D eigenvalue weighted by molar-refractivity contribution is -0.148. The molecule has 0 bridgehead atoms. The van der Waals surface area contributed by atoms with E-state index in [1.54, 1.807) is 6.92 Å². The molecule has 1 aliphatic heterocycles. The number of nitrogens with zero attached hydrogens (tertiary/aromatic N) is 1. The first-order valence-corrected chi connectivity index (χ1v) is 9.75. The number of rotatable bonds is 4. The van der Waals surface area contributed by atoms with Crippen molar-refractivity contribution in [2.45, 2.75) is 24.7 Å². The average Bonchev–Trinajstić information content (AvgIpc) is 2.94. The van der Waals surface area contributed by atoms with Crippen molar-refractivity contribution in [1.29, 1.82) is 0 Å². The molecule has 0 amide bonds. The van der Waals surface area contributed by atoms with Gasteiger partial charge in [-0.15, -0.1) is 11.3 Å². The van der Waals surface area contributed by atoms with Crippen LogP contribution < -0.4 is 0 Å². The second kappa shape index (κ2) is 5.68. The summed E-state index contributed by atoms with van der Waals surface area (Å²) in [5.74, 6) is -0.928. The predicted molar refractivity (Wildman–Crippen MR) is 83.5 cm³/mol. The number of hydrogen-bond acceptors (Lipinski definition) is 4. The molecule has 0 aromatic carbocycles. The topological polar surface area (TPSA) is 74.7 Å². The summed E-state index contributed by atoms with van der Waals surface area (Å²) in [7, 11) is -3.66. The Morgan fingerprint density at radius 1 is 1.55 bits per heavy atom. The molecule has 1 unspecified atom stereocenters. The van der Waals surface area contributed by atoms with Gasteiger partial charge in [0, 0.05) is 13.1 Å². The van der Waals surface area contributed by atoms with E-state index in [1.165, 1.54) is 21.7 Å². The van der Waals surface area contributed by atoms with Crippen LogP contribution in [0.3, 0.4) is 0 Å². The van der Waals surface area contributed by atoms with Gasteiger partial charge in [0.2, 0.25) is 10.0 Å². The molecule has 112 valence electrons. The van der Waals surface area contributed by atoms with Crippen molar-refractivity contribution >= 4 is 59.2 Å². The maximum Gasteiger partial charge on any atom is 0.311 e. The Hall–Kier alpha value is 0.0400. The molecular formula is C11H13Br2NO4S2. The SMILES string of the molecule is CCC1(C(=O)O)CCN(S(=O)(=O)c2cc(Br)sc2Br)C1. The molecule has 2 heterocycles. The van der Waals surface area contributed by atoms with Crippen LogP contribution in [0.1, 0.15) is 19.8 Å². The molecule has 1 atom stereocenters. The van der Waals surface area contributed by atoms with Gasteiger partial charge in [-0.25, -0.2) is 8.42 Å². The summed E-state index contributed by atoms with van der Waals surface area (Å²) in [5.41, 5.74) is -0.965. The highest BCUT2D eigenvalue weighted by Crippen LogP contribution is 2.41. The fourth-order valence-electron chi connectivity index (χ4n) is 2.29. The van der Waals surface area contributed by atoms with Crippen LogP contribution in [0.5, 0.6) is 0 Å². The molecule has 1 aromatic heterocycles. The van der Waals surface area contributed by atoms with Crippen LogP contribution in [0, 0.1) is 5.41 Å². The minimum Gasteiger partial charge on any atom is -0.481 e. The normalized spacial score (nSPS) is 24.1. The molecular weight excluding hydrogens is 434 g/mol. The van der Waals surface area contributed by atoms with Gasteiger partial charge in [-0.1, -0.05) is 6.92 Å². The smallest absolute Gasteiger partial charge is 0.311 e. The molecule has 0 radical (unpaired) electrons. The number of carboxylic acids is 1. The standard InChI is InChI=1S/C11H13Br2NO4S2/c1-2-11(10(15)16)3-4-14(6-11)20(17,18)7-5-8(12)19-9(7)13/h5H,2-4,6H2,1H3,(H,15,16). The highest BCUT2D eigenvalue weighted by Gasteiger charge is 2.47. The fraction of sp³-hybridized carbons (Fsp3) is 0.545. The maximum absolute atomic E-state index is 12.6. The number of sulfonamides is 1. The van der Waals surface area contributed by atoms with E-state index in [1.807, 2.05) is 0 Å². The number of carbonyl (C=O) groups is 1. The van der Waals surface area contributed by atoms with Gasteiger partial charge in [0.1, 0.15) is 4.90 Å². The molecule has 0 saturated carbocycles. The Morgan fingerprint density at radius 2 is 2.20 bits per heavy atom. The molecule has 1 aromatic rings. The van der Waals surface area contributed by atoms with Gasteiger partial charge in [-0.2, -0.15) is 4.31 Å². The summed E-state index contributed by atoms with van der Waals surface area (Å²) in [6.07, 6.45) is 0.768. The second-order valence-corrected chi connectivity index (χ2v) is 10.4. The van der Waals surface area contributed by atoms with Gasteiger partial charge >= 0.3 is 5.97 Å². The average molecular weight is 447 g/mol. The molecule has 2 rings (SSSR count). The molecule has 0 aliphatic carbocycles. The van der Waals surface area contributed by atoms with Crippen molar-refractivity contribution in [1.82, 2.24) is 4.31 Å². The first kappa shape index (κ1) is 16.4. The molecule has 1 N–H and O–H groups in total. The first-order valence-electron chi connectivity index (χ1n) is 5.91. The van der Waals surface area contributed by atoms with E-state index in [4.69, 9.17) is 0 Å². The predicted octanol–water partition coefficient (Wildman–Crippen LogP) is 3.15. The molecule has 1 saturated heterocycles. The van der Waals surface area contributed by atoms with Gasteiger partial charge in [0.15, 0.2) is 0 Å². The zero-order valence-electron chi connectivity index (χ0n) is 10.6. The third-order valence-corrected chi connectivity index (χ3v) is 8.29. The second-order valence-electron chi connectivity index (χ2n) is 4.72. The third-order valence-electron chi connectivity index (χ3n) is 3.69. The van der Waals surface area contributed by atoms with Crippen LogP contribution in [0.4, 0.5) is 0 Å². The fourth-order valence-corrected chi connectivity index (χ4v) is 7.58. The molecule has 1 fully saturated rings. The number of hydrogen-bond donors (Lipinski definition) is 1. The summed E-state index contributed by atoms with van der Waals surface area (Å²) in [5, 5.41) is 9.34. The van der Waals surface area contributed by atoms with E-state index in [9.17, 15) is 18.3 Å². The van der Waals surface area contributed by atoms with Gasteiger partial charge in [-0.3, -0.25) is 4.79 Å². The monoisotopic (exact) mass is 445 g/mol. The lowest BCUT2D eigenvalue weighted by Crippen LogP contribution is -2.36. The van der Waals surface area contributed by atoms with E-state index in [2.05, 4.69) is 31.9 Å². The van der Waals surface area contributed by atoms with Crippen molar-refractivity contribution in [3.63, 3.8) is 0 Å². The minimum atomic E-state index is -3.66. The summed E-state index contributed by atoms with van der Waals surface area (Å²) < 4.78 is 27.7. The summed E-state index contributed by atoms with van der Waals surface area (Å²) >= 11 is 7.77. The Bertz CT molecular complexity index is 643. The van der Waals surface area contributed by atoms with Crippen LogP contribution >= 0.6 is 43.2 Å². The molecule has 20 heavy (non-hydrogen) atoms. The van der Waals surface area contributed by atoms with Gasteiger partial charge in [0.05, 0.1) is 13.0 Å². The Labute approximate surface area is 138 Å². The zero-order valence-corrected chi connectivity index (χ0v) is 15.4. The Morgan fingerprint density at radius 3 is 2.60 bits per heavy atom. The van der Waals surface area contributed by atoms with Gasteiger partial charge in [0.25, 0.3) is 0 Å². The summed E-state index contributed by atoms with van der Waals surface area (Å²) in [6, 6.07) is 1.54. The minimum absolute atomic E-state index is 0.0288. The van der Waals surface area contributed by atoms with Crippen molar-refractivity contribution < 1.29 is 18.3 Å². The van der Waals surface area contributed by atoms with E-state index in [0.29, 0.717) is 20.4 Å². The lowest BCUT2D eigenvalue weighted by Gasteiger charge is -2.22. The van der Waals surface area contributed by atoms with Crippen LogP contribution in [0.25, 0.3) is 0 Å². The first-order chi connectivity index (χ1) is 9.23. The summed E-state index contributed by atoms with van der Waals surface area (Å²) in [4.78, 5) is 11.6. The Balaban J connectivity index is 2.34. The Kier molecular flexibility index (Phi) is 4.66. The van der Waals surface area contributed by atoms with Crippen molar-refractivity contribution in [2.24, 2.45) is 5.41 Å². The maximum atomic E-state index is 12.6.